The maximum Gasteiger partial charge on any atom is 0.488 e. The number of rotatable bonds is 2. The van der Waals surface area contributed by atoms with Crippen molar-refractivity contribution < 1.29 is 10.0 Å². The quantitative estimate of drug-likeness (QED) is 0.631. The van der Waals surface area contributed by atoms with Crippen LogP contribution in [0.15, 0.2) is 53.5 Å². The summed E-state index contributed by atoms with van der Waals surface area (Å²) in [6.45, 7) is 1.96. The molecular weight excluding hydrogens is 277 g/mol. The first-order chi connectivity index (χ1) is 10.1. The predicted octanol–water partition coefficient (Wildman–Crippen LogP) is 1.82. The molecule has 0 atom stereocenters. The number of benzene rings is 2. The first-order valence-corrected chi connectivity index (χ1v) is 6.65. The van der Waals surface area contributed by atoms with E-state index < -0.39 is 7.12 Å². The van der Waals surface area contributed by atoms with Crippen LogP contribution in [-0.4, -0.2) is 22.2 Å². The number of nitrogens with one attached hydrogen (secondary N) is 1. The number of hydrogen-bond donors (Lipinski definition) is 3. The van der Waals surface area contributed by atoms with Crippen LogP contribution in [0.1, 0.15) is 13.0 Å². The van der Waals surface area contributed by atoms with E-state index in [4.69, 9.17) is 0 Å². The van der Waals surface area contributed by atoms with Crippen LogP contribution < -0.4 is 11.0 Å². The predicted molar refractivity (Wildman–Crippen MR) is 91.3 cm³/mol. The summed E-state index contributed by atoms with van der Waals surface area (Å²) in [5.74, 6) is 0. The highest BCUT2D eigenvalue weighted by atomic mass is 16.4. The molecule has 0 radical (unpaired) electrons. The molecule has 0 aliphatic carbocycles. The number of H-pyrrole nitrogens is 1. The standard InChI is InChI=1S/C16H14BNO3.CH4/c1-10-2-4-13(17(20)21)9-15(10)11-3-5-14-12(8-11)6-7-18-16(14)19;/h2-9,20-21H,1H3,(H,18,19);1H4. The summed E-state index contributed by atoms with van der Waals surface area (Å²) >= 11 is 0. The summed E-state index contributed by atoms with van der Waals surface area (Å²) in [5.41, 5.74) is 3.22. The third-order valence-corrected chi connectivity index (χ3v) is 3.64. The Bertz CT molecular complexity index is 871. The van der Waals surface area contributed by atoms with Crippen molar-refractivity contribution in [1.29, 1.82) is 0 Å². The smallest absolute Gasteiger partial charge is 0.423 e. The Hall–Kier alpha value is -2.37. The van der Waals surface area contributed by atoms with Gasteiger partial charge in [-0.2, -0.15) is 0 Å². The van der Waals surface area contributed by atoms with Gasteiger partial charge in [-0.1, -0.05) is 31.7 Å². The molecule has 112 valence electrons. The minimum absolute atomic E-state index is 0. The summed E-state index contributed by atoms with van der Waals surface area (Å²) < 4.78 is 0. The van der Waals surface area contributed by atoms with E-state index in [1.165, 1.54) is 0 Å². The number of pyridine rings is 1. The van der Waals surface area contributed by atoms with Crippen LogP contribution in [0.3, 0.4) is 0 Å². The van der Waals surface area contributed by atoms with E-state index in [0.717, 1.165) is 22.1 Å². The largest absolute Gasteiger partial charge is 0.488 e. The van der Waals surface area contributed by atoms with Crippen molar-refractivity contribution in [3.05, 3.63) is 64.6 Å². The molecule has 3 rings (SSSR count). The molecular formula is C17H18BNO3. The van der Waals surface area contributed by atoms with E-state index in [-0.39, 0.29) is 13.0 Å². The highest BCUT2D eigenvalue weighted by molar-refractivity contribution is 6.58. The van der Waals surface area contributed by atoms with Gasteiger partial charge in [0.2, 0.25) is 0 Å². The molecule has 5 heteroatoms. The Labute approximate surface area is 129 Å². The van der Waals surface area contributed by atoms with Crippen molar-refractivity contribution in [2.75, 3.05) is 0 Å². The fourth-order valence-corrected chi connectivity index (χ4v) is 2.47. The average Bonchev–Trinajstić information content (AvgIpc) is 2.47. The Morgan fingerprint density at radius 1 is 1.05 bits per heavy atom. The second-order valence-corrected chi connectivity index (χ2v) is 5.06. The lowest BCUT2D eigenvalue weighted by Gasteiger charge is -2.10. The van der Waals surface area contributed by atoms with E-state index in [2.05, 4.69) is 4.98 Å². The van der Waals surface area contributed by atoms with Gasteiger partial charge < -0.3 is 15.0 Å². The highest BCUT2D eigenvalue weighted by Crippen LogP contribution is 2.25. The van der Waals surface area contributed by atoms with Crippen LogP contribution in [0, 0.1) is 6.92 Å². The van der Waals surface area contributed by atoms with Crippen molar-refractivity contribution in [2.24, 2.45) is 0 Å². The van der Waals surface area contributed by atoms with Crippen molar-refractivity contribution in [3.63, 3.8) is 0 Å². The van der Waals surface area contributed by atoms with Crippen LogP contribution in [-0.2, 0) is 0 Å². The number of aromatic amines is 1. The maximum atomic E-state index is 11.7. The van der Waals surface area contributed by atoms with Gasteiger partial charge in [-0.3, -0.25) is 4.79 Å². The lowest BCUT2D eigenvalue weighted by molar-refractivity contribution is 0.426. The van der Waals surface area contributed by atoms with Gasteiger partial charge in [0.25, 0.3) is 5.56 Å². The molecule has 0 amide bonds. The van der Waals surface area contributed by atoms with Gasteiger partial charge in [-0.05, 0) is 52.7 Å². The fraction of sp³-hybridized carbons (Fsp3) is 0.118. The van der Waals surface area contributed by atoms with Crippen LogP contribution in [0.5, 0.6) is 0 Å². The third-order valence-electron chi connectivity index (χ3n) is 3.64. The number of fused-ring (bicyclic) bond motifs is 1. The lowest BCUT2D eigenvalue weighted by atomic mass is 9.78. The molecule has 0 unspecified atom stereocenters. The molecule has 0 aliphatic heterocycles. The Kier molecular flexibility index (Phi) is 4.49. The van der Waals surface area contributed by atoms with E-state index in [0.29, 0.717) is 10.8 Å². The van der Waals surface area contributed by atoms with Gasteiger partial charge in [-0.15, -0.1) is 0 Å². The number of aromatic nitrogens is 1. The van der Waals surface area contributed by atoms with Gasteiger partial charge in [0.1, 0.15) is 0 Å². The van der Waals surface area contributed by atoms with Crippen molar-refractivity contribution in [3.8, 4) is 11.1 Å². The van der Waals surface area contributed by atoms with Crippen molar-refractivity contribution >= 4 is 23.4 Å². The zero-order valence-corrected chi connectivity index (χ0v) is 11.5. The summed E-state index contributed by atoms with van der Waals surface area (Å²) in [5, 5.41) is 20.1. The first-order valence-electron chi connectivity index (χ1n) is 6.65. The van der Waals surface area contributed by atoms with Crippen LogP contribution >= 0.6 is 0 Å². The van der Waals surface area contributed by atoms with Crippen molar-refractivity contribution in [2.45, 2.75) is 14.4 Å². The normalized spacial score (nSPS) is 10.3. The molecule has 22 heavy (non-hydrogen) atoms. The van der Waals surface area contributed by atoms with E-state index >= 15 is 0 Å². The van der Waals surface area contributed by atoms with E-state index in [1.807, 2.05) is 31.2 Å². The van der Waals surface area contributed by atoms with Gasteiger partial charge in [0.15, 0.2) is 0 Å². The number of hydrogen-bond acceptors (Lipinski definition) is 3. The van der Waals surface area contributed by atoms with Crippen molar-refractivity contribution in [1.82, 2.24) is 4.98 Å². The highest BCUT2D eigenvalue weighted by Gasteiger charge is 2.13. The molecule has 0 saturated heterocycles. The van der Waals surface area contributed by atoms with Crippen LogP contribution in [0.2, 0.25) is 0 Å². The Balaban J connectivity index is 0.00000176. The summed E-state index contributed by atoms with van der Waals surface area (Å²) in [7, 11) is -1.49. The Morgan fingerprint density at radius 3 is 2.55 bits per heavy atom. The second-order valence-electron chi connectivity index (χ2n) is 5.06. The minimum atomic E-state index is -1.49. The summed E-state index contributed by atoms with van der Waals surface area (Å²) in [4.78, 5) is 14.4. The molecule has 1 heterocycles. The van der Waals surface area contributed by atoms with Gasteiger partial charge >= 0.3 is 7.12 Å². The fourth-order valence-electron chi connectivity index (χ4n) is 2.47. The molecule has 0 fully saturated rings. The molecule has 0 aliphatic rings. The maximum absolute atomic E-state index is 11.7. The monoisotopic (exact) mass is 295 g/mol. The molecule has 4 nitrogen and oxygen atoms in total. The molecule has 0 saturated carbocycles. The Morgan fingerprint density at radius 2 is 1.82 bits per heavy atom. The van der Waals surface area contributed by atoms with Crippen LogP contribution in [0.4, 0.5) is 0 Å². The minimum Gasteiger partial charge on any atom is -0.423 e. The molecule has 0 bridgehead atoms. The zero-order valence-electron chi connectivity index (χ0n) is 11.5. The third kappa shape index (κ3) is 2.82. The first kappa shape index (κ1) is 16.0. The number of aryl methyl sites for hydroxylation is 1. The molecule has 0 spiro atoms. The zero-order chi connectivity index (χ0) is 15.0. The molecule has 3 aromatic rings. The van der Waals surface area contributed by atoms with Gasteiger partial charge in [0, 0.05) is 11.6 Å². The SMILES string of the molecule is C.Cc1ccc(B(O)O)cc1-c1ccc2c(=O)[nH]ccc2c1. The molecule has 3 N–H and O–H groups in total. The van der Waals surface area contributed by atoms with E-state index in [1.54, 1.807) is 24.4 Å². The van der Waals surface area contributed by atoms with Gasteiger partial charge in [0.05, 0.1) is 0 Å². The van der Waals surface area contributed by atoms with Crippen LogP contribution in [0.25, 0.3) is 21.9 Å². The average molecular weight is 295 g/mol. The second kappa shape index (κ2) is 6.18. The molecule has 1 aromatic heterocycles. The summed E-state index contributed by atoms with van der Waals surface area (Å²) in [6.07, 6.45) is 1.62. The van der Waals surface area contributed by atoms with E-state index in [9.17, 15) is 14.8 Å². The lowest BCUT2D eigenvalue weighted by Crippen LogP contribution is -2.29. The van der Waals surface area contributed by atoms with Gasteiger partial charge in [-0.25, -0.2) is 0 Å². The topological polar surface area (TPSA) is 73.3 Å². The summed E-state index contributed by atoms with van der Waals surface area (Å²) in [6, 6.07) is 12.7. The molecule has 2 aromatic carbocycles.